The molecule has 0 bridgehead atoms. The van der Waals surface area contributed by atoms with Crippen molar-refractivity contribution in [1.82, 2.24) is 0 Å². The van der Waals surface area contributed by atoms with Crippen LogP contribution in [0.25, 0.3) is 0 Å². The van der Waals surface area contributed by atoms with Gasteiger partial charge in [-0.3, -0.25) is 4.79 Å². The first kappa shape index (κ1) is 17.6. The fraction of sp³-hybridized carbons (Fsp3) is 0.870. The van der Waals surface area contributed by atoms with Crippen LogP contribution in [0.3, 0.4) is 0 Å². The number of esters is 1. The van der Waals surface area contributed by atoms with E-state index in [1.165, 1.54) is 44.9 Å². The van der Waals surface area contributed by atoms with Crippen molar-refractivity contribution in [2.24, 2.45) is 40.4 Å². The van der Waals surface area contributed by atoms with Crippen molar-refractivity contribution < 1.29 is 9.53 Å². The summed E-state index contributed by atoms with van der Waals surface area (Å²) in [6, 6.07) is 0. The molecule has 2 heteroatoms. The lowest BCUT2D eigenvalue weighted by Crippen LogP contribution is -2.54. The van der Waals surface area contributed by atoms with Crippen molar-refractivity contribution in [2.75, 3.05) is 0 Å². The molecule has 3 unspecified atom stereocenters. The molecule has 0 spiro atoms. The number of ether oxygens (including phenoxy) is 1. The quantitative estimate of drug-likeness (QED) is 0.470. The minimum Gasteiger partial charge on any atom is -0.463 e. The van der Waals surface area contributed by atoms with E-state index in [1.807, 2.05) is 0 Å². The van der Waals surface area contributed by atoms with E-state index in [9.17, 15) is 4.79 Å². The van der Waals surface area contributed by atoms with Gasteiger partial charge in [0, 0.05) is 6.92 Å². The minimum atomic E-state index is -0.0999. The SMILES string of the molecule is C=C[C@H]1CCC2C3CC[C@H]4C[C@@H](OC(C)=O)CC[C@]4(C)C3CC[C@@]21C. The average Bonchev–Trinajstić information content (AvgIpc) is 2.91. The Labute approximate surface area is 153 Å². The number of hydrogen-bond donors (Lipinski definition) is 0. The van der Waals surface area contributed by atoms with Crippen molar-refractivity contribution in [3.05, 3.63) is 12.7 Å². The van der Waals surface area contributed by atoms with E-state index in [0.29, 0.717) is 10.8 Å². The Kier molecular flexibility index (Phi) is 4.32. The molecule has 8 atom stereocenters. The predicted octanol–water partition coefficient (Wildman–Crippen LogP) is 5.76. The van der Waals surface area contributed by atoms with E-state index in [2.05, 4.69) is 26.5 Å². The van der Waals surface area contributed by atoms with E-state index in [1.54, 1.807) is 6.92 Å². The van der Waals surface area contributed by atoms with Gasteiger partial charge in [-0.15, -0.1) is 6.58 Å². The van der Waals surface area contributed by atoms with Crippen molar-refractivity contribution >= 4 is 5.97 Å². The van der Waals surface area contributed by atoms with Gasteiger partial charge in [-0.1, -0.05) is 19.9 Å². The standard InChI is InChI=1S/C23H36O2/c1-5-16-7-9-20-19-8-6-17-14-18(25-15(2)24)10-12-23(17,4)21(19)11-13-22(16,20)3/h5,16-21H,1,6-14H2,2-4H3/t16-,17-,18-,19?,20?,21?,22+,23-/m0/s1. The molecular weight excluding hydrogens is 308 g/mol. The summed E-state index contributed by atoms with van der Waals surface area (Å²) in [5.41, 5.74) is 0.994. The fourth-order valence-corrected chi connectivity index (χ4v) is 7.99. The molecule has 0 aromatic heterocycles. The highest BCUT2D eigenvalue weighted by Gasteiger charge is 2.59. The Hall–Kier alpha value is -0.790. The van der Waals surface area contributed by atoms with Crippen LogP contribution in [0.15, 0.2) is 12.7 Å². The van der Waals surface area contributed by atoms with Gasteiger partial charge in [-0.05, 0) is 98.2 Å². The van der Waals surface area contributed by atoms with Crippen LogP contribution in [0.2, 0.25) is 0 Å². The van der Waals surface area contributed by atoms with Crippen LogP contribution < -0.4 is 0 Å². The minimum absolute atomic E-state index is 0.0999. The molecule has 140 valence electrons. The summed E-state index contributed by atoms with van der Waals surface area (Å²) < 4.78 is 5.59. The van der Waals surface area contributed by atoms with Crippen LogP contribution in [0.5, 0.6) is 0 Å². The van der Waals surface area contributed by atoms with Gasteiger partial charge in [-0.2, -0.15) is 0 Å². The molecular formula is C23H36O2. The molecule has 0 amide bonds. The van der Waals surface area contributed by atoms with Gasteiger partial charge in [0.25, 0.3) is 0 Å². The monoisotopic (exact) mass is 344 g/mol. The number of hydrogen-bond acceptors (Lipinski definition) is 2. The van der Waals surface area contributed by atoms with Gasteiger partial charge in [0.15, 0.2) is 0 Å². The molecule has 0 saturated heterocycles. The van der Waals surface area contributed by atoms with Crippen molar-refractivity contribution in [3.8, 4) is 0 Å². The summed E-state index contributed by atoms with van der Waals surface area (Å²) in [6.07, 6.45) is 14.2. The first-order chi connectivity index (χ1) is 11.9. The normalized spacial score (nSPS) is 51.8. The maximum atomic E-state index is 11.4. The maximum Gasteiger partial charge on any atom is 0.302 e. The van der Waals surface area contributed by atoms with Crippen LogP contribution in [0, 0.1) is 40.4 Å². The summed E-state index contributed by atoms with van der Waals surface area (Å²) in [5.74, 6) is 4.13. The summed E-state index contributed by atoms with van der Waals surface area (Å²) in [5, 5.41) is 0. The second-order valence-corrected chi connectivity index (χ2v) is 10.1. The van der Waals surface area contributed by atoms with Crippen LogP contribution in [0.1, 0.15) is 78.6 Å². The van der Waals surface area contributed by atoms with Gasteiger partial charge < -0.3 is 4.74 Å². The highest BCUT2D eigenvalue weighted by atomic mass is 16.5. The maximum absolute atomic E-state index is 11.4. The van der Waals surface area contributed by atoms with E-state index in [4.69, 9.17) is 4.74 Å². The third-order valence-electron chi connectivity index (χ3n) is 9.31. The molecule has 25 heavy (non-hydrogen) atoms. The zero-order valence-corrected chi connectivity index (χ0v) is 16.4. The number of carbonyl (C=O) groups is 1. The third kappa shape index (κ3) is 2.61. The molecule has 4 rings (SSSR count). The highest BCUT2D eigenvalue weighted by Crippen LogP contribution is 2.67. The lowest BCUT2D eigenvalue weighted by molar-refractivity contribution is -0.159. The van der Waals surface area contributed by atoms with Gasteiger partial charge >= 0.3 is 5.97 Å². The Bertz CT molecular complexity index is 554. The zero-order chi connectivity index (χ0) is 17.8. The summed E-state index contributed by atoms with van der Waals surface area (Å²) in [6.45, 7) is 10.9. The van der Waals surface area contributed by atoms with Crippen LogP contribution in [0.4, 0.5) is 0 Å². The largest absolute Gasteiger partial charge is 0.463 e. The summed E-state index contributed by atoms with van der Waals surface area (Å²) in [4.78, 5) is 11.4. The first-order valence-electron chi connectivity index (χ1n) is 10.7. The second-order valence-electron chi connectivity index (χ2n) is 10.1. The fourth-order valence-electron chi connectivity index (χ4n) is 7.99. The molecule has 4 aliphatic rings. The van der Waals surface area contributed by atoms with Crippen LogP contribution >= 0.6 is 0 Å². The molecule has 4 fully saturated rings. The van der Waals surface area contributed by atoms with Crippen LogP contribution in [-0.2, 0) is 9.53 Å². The summed E-state index contributed by atoms with van der Waals surface area (Å²) in [7, 11) is 0. The molecule has 0 aromatic rings. The molecule has 0 aliphatic heterocycles. The van der Waals surface area contributed by atoms with E-state index in [-0.39, 0.29) is 12.1 Å². The number of allylic oxidation sites excluding steroid dienone is 1. The van der Waals surface area contributed by atoms with Gasteiger partial charge in [0.1, 0.15) is 6.10 Å². The zero-order valence-electron chi connectivity index (χ0n) is 16.4. The molecule has 2 nitrogen and oxygen atoms in total. The van der Waals surface area contributed by atoms with E-state index < -0.39 is 0 Å². The third-order valence-corrected chi connectivity index (χ3v) is 9.31. The predicted molar refractivity (Wildman–Crippen MR) is 101 cm³/mol. The Morgan fingerprint density at radius 1 is 1.00 bits per heavy atom. The topological polar surface area (TPSA) is 26.3 Å². The number of rotatable bonds is 2. The summed E-state index contributed by atoms with van der Waals surface area (Å²) >= 11 is 0. The van der Waals surface area contributed by atoms with Gasteiger partial charge in [0.2, 0.25) is 0 Å². The average molecular weight is 345 g/mol. The van der Waals surface area contributed by atoms with Crippen molar-refractivity contribution in [3.63, 3.8) is 0 Å². The van der Waals surface area contributed by atoms with Crippen molar-refractivity contribution in [1.29, 1.82) is 0 Å². The Morgan fingerprint density at radius 2 is 1.72 bits per heavy atom. The van der Waals surface area contributed by atoms with Crippen LogP contribution in [-0.4, -0.2) is 12.1 Å². The number of carbonyl (C=O) groups excluding carboxylic acids is 1. The smallest absolute Gasteiger partial charge is 0.302 e. The highest BCUT2D eigenvalue weighted by molar-refractivity contribution is 5.66. The van der Waals surface area contributed by atoms with Gasteiger partial charge in [-0.25, -0.2) is 0 Å². The number of fused-ring (bicyclic) bond motifs is 5. The Morgan fingerprint density at radius 3 is 2.44 bits per heavy atom. The molecule has 4 aliphatic carbocycles. The van der Waals surface area contributed by atoms with Crippen molar-refractivity contribution in [2.45, 2.75) is 84.7 Å². The molecule has 0 aromatic carbocycles. The Balaban J connectivity index is 1.53. The molecule has 4 saturated carbocycles. The lowest BCUT2D eigenvalue weighted by atomic mass is 9.44. The molecule has 0 radical (unpaired) electrons. The lowest BCUT2D eigenvalue weighted by Gasteiger charge is -2.61. The second kappa shape index (κ2) is 6.13. The first-order valence-corrected chi connectivity index (χ1v) is 10.7. The molecule has 0 N–H and O–H groups in total. The van der Waals surface area contributed by atoms with Gasteiger partial charge in [0.05, 0.1) is 0 Å². The molecule has 0 heterocycles. The van der Waals surface area contributed by atoms with E-state index >= 15 is 0 Å². The van der Waals surface area contributed by atoms with E-state index in [0.717, 1.165) is 42.4 Å².